The predicted octanol–water partition coefficient (Wildman–Crippen LogP) is 4.73. The van der Waals surface area contributed by atoms with Gasteiger partial charge in [-0.1, -0.05) is 12.1 Å². The van der Waals surface area contributed by atoms with Gasteiger partial charge in [0.1, 0.15) is 11.5 Å². The molecule has 0 saturated carbocycles. The molecule has 0 aromatic heterocycles. The molecule has 2 atom stereocenters. The third-order valence-corrected chi connectivity index (χ3v) is 6.85. The summed E-state index contributed by atoms with van der Waals surface area (Å²) in [5.74, 6) is -0.228. The zero-order valence-corrected chi connectivity index (χ0v) is 19.3. The number of carbonyl (C=O) groups excluding carboxylic acids is 2. The van der Waals surface area contributed by atoms with Crippen LogP contribution in [0.25, 0.3) is 0 Å². The Morgan fingerprint density at radius 2 is 1.48 bits per heavy atom. The van der Waals surface area contributed by atoms with Gasteiger partial charge in [-0.05, 0) is 94.9 Å². The molecule has 0 bridgehead atoms. The lowest BCUT2D eigenvalue weighted by molar-refractivity contribution is -0.143. The van der Waals surface area contributed by atoms with E-state index in [4.69, 9.17) is 9.47 Å². The van der Waals surface area contributed by atoms with E-state index in [1.54, 1.807) is 18.2 Å². The average Bonchev–Trinajstić information content (AvgIpc) is 2.80. The first-order valence-corrected chi connectivity index (χ1v) is 11.1. The number of esters is 2. The fourth-order valence-electron chi connectivity index (χ4n) is 4.42. The Labute approximate surface area is 190 Å². The van der Waals surface area contributed by atoms with E-state index in [9.17, 15) is 19.8 Å². The van der Waals surface area contributed by atoms with Crippen LogP contribution in [0.5, 0.6) is 11.5 Å². The minimum atomic E-state index is -0.196. The summed E-state index contributed by atoms with van der Waals surface area (Å²) >= 11 is 3.36. The van der Waals surface area contributed by atoms with Gasteiger partial charge >= 0.3 is 11.9 Å². The molecule has 0 aliphatic heterocycles. The zero-order valence-electron chi connectivity index (χ0n) is 17.7. The molecule has 2 aliphatic carbocycles. The number of hydrogen-bond donors (Lipinski definition) is 2. The number of fused-ring (bicyclic) bond motifs is 2. The minimum absolute atomic E-state index is 0.153. The number of benzene rings is 2. The molecule has 0 fully saturated rings. The first-order valence-electron chi connectivity index (χ1n) is 10.3. The number of methoxy groups -OCH3 is 2. The SMILES string of the molecule is COC(=O)C1CCCc2c1ccc(O)c2Br.COC(=O)C1CCCc2cc(O)ccc21. The number of halogens is 1. The Morgan fingerprint density at radius 1 is 0.903 bits per heavy atom. The summed E-state index contributed by atoms with van der Waals surface area (Å²) < 4.78 is 10.3. The van der Waals surface area contributed by atoms with Crippen molar-refractivity contribution in [2.24, 2.45) is 0 Å². The number of hydrogen-bond acceptors (Lipinski definition) is 6. The normalized spacial score (nSPS) is 19.2. The van der Waals surface area contributed by atoms with E-state index in [0.29, 0.717) is 4.47 Å². The molecule has 0 radical (unpaired) electrons. The van der Waals surface area contributed by atoms with E-state index in [2.05, 4.69) is 15.9 Å². The first kappa shape index (κ1) is 23.1. The average molecular weight is 491 g/mol. The Kier molecular flexibility index (Phi) is 7.59. The minimum Gasteiger partial charge on any atom is -0.508 e. The Hall–Kier alpha value is -2.54. The molecule has 31 heavy (non-hydrogen) atoms. The predicted molar refractivity (Wildman–Crippen MR) is 119 cm³/mol. The summed E-state index contributed by atoms with van der Waals surface area (Å²) in [5.41, 5.74) is 4.08. The van der Waals surface area contributed by atoms with Crippen LogP contribution >= 0.6 is 15.9 Å². The number of phenols is 2. The monoisotopic (exact) mass is 490 g/mol. The molecule has 4 rings (SSSR count). The summed E-state index contributed by atoms with van der Waals surface area (Å²) in [6.07, 6.45) is 5.38. The van der Waals surface area contributed by atoms with Crippen molar-refractivity contribution in [3.8, 4) is 11.5 Å². The summed E-state index contributed by atoms with van der Waals surface area (Å²) in [7, 11) is 2.82. The van der Waals surface area contributed by atoms with Crippen molar-refractivity contribution >= 4 is 27.9 Å². The molecule has 2 aromatic rings. The summed E-state index contributed by atoms with van der Waals surface area (Å²) in [6, 6.07) is 8.62. The van der Waals surface area contributed by atoms with Gasteiger partial charge in [0.15, 0.2) is 0 Å². The lowest BCUT2D eigenvalue weighted by Crippen LogP contribution is -2.20. The molecule has 0 heterocycles. The van der Waals surface area contributed by atoms with Crippen LogP contribution in [0.2, 0.25) is 0 Å². The number of rotatable bonds is 2. The van der Waals surface area contributed by atoms with E-state index >= 15 is 0 Å². The summed E-state index contributed by atoms with van der Waals surface area (Å²) in [6.45, 7) is 0. The number of carbonyl (C=O) groups is 2. The Morgan fingerprint density at radius 3 is 2.13 bits per heavy atom. The third kappa shape index (κ3) is 5.03. The number of ether oxygens (including phenoxy) is 2. The second-order valence-electron chi connectivity index (χ2n) is 7.79. The van der Waals surface area contributed by atoms with Gasteiger partial charge in [0.25, 0.3) is 0 Å². The van der Waals surface area contributed by atoms with Crippen LogP contribution in [-0.4, -0.2) is 36.4 Å². The lowest BCUT2D eigenvalue weighted by Gasteiger charge is -2.24. The van der Waals surface area contributed by atoms with Gasteiger partial charge in [0.05, 0.1) is 30.5 Å². The second-order valence-corrected chi connectivity index (χ2v) is 8.58. The zero-order chi connectivity index (χ0) is 22.5. The van der Waals surface area contributed by atoms with E-state index < -0.39 is 0 Å². The van der Waals surface area contributed by atoms with Crippen LogP contribution in [0.4, 0.5) is 0 Å². The first-order chi connectivity index (χ1) is 14.9. The van der Waals surface area contributed by atoms with Gasteiger partial charge in [-0.2, -0.15) is 0 Å². The maximum absolute atomic E-state index is 11.6. The maximum atomic E-state index is 11.6. The standard InChI is InChI=1S/C12H13BrO3.C12H14O3/c1-16-12(15)9-4-2-3-8-7(9)5-6-10(14)11(8)13;1-15-12(14)11-4-2-3-8-7-9(13)5-6-10(8)11/h5-6,9,14H,2-4H2,1H3;5-7,11,13H,2-4H2,1H3. The van der Waals surface area contributed by atoms with Crippen LogP contribution in [0.1, 0.15) is 59.8 Å². The van der Waals surface area contributed by atoms with Crippen molar-refractivity contribution in [2.45, 2.75) is 50.4 Å². The highest BCUT2D eigenvalue weighted by molar-refractivity contribution is 9.10. The molecule has 0 amide bonds. The van der Waals surface area contributed by atoms with E-state index in [0.717, 1.165) is 60.8 Å². The summed E-state index contributed by atoms with van der Waals surface area (Å²) in [5, 5.41) is 18.9. The number of aryl methyl sites for hydroxylation is 1. The fourth-order valence-corrected chi connectivity index (χ4v) is 4.98. The van der Waals surface area contributed by atoms with Gasteiger partial charge in [-0.3, -0.25) is 9.59 Å². The van der Waals surface area contributed by atoms with Crippen LogP contribution in [0.15, 0.2) is 34.8 Å². The quantitative estimate of drug-likeness (QED) is 0.590. The van der Waals surface area contributed by atoms with E-state index in [1.165, 1.54) is 14.2 Å². The van der Waals surface area contributed by atoms with Gasteiger partial charge in [0.2, 0.25) is 0 Å². The number of aromatic hydroxyl groups is 2. The van der Waals surface area contributed by atoms with Crippen molar-refractivity contribution in [3.05, 3.63) is 57.1 Å². The topological polar surface area (TPSA) is 93.1 Å². The van der Waals surface area contributed by atoms with Crippen molar-refractivity contribution in [1.29, 1.82) is 0 Å². The highest BCUT2D eigenvalue weighted by Crippen LogP contribution is 2.40. The molecule has 7 heteroatoms. The van der Waals surface area contributed by atoms with Crippen molar-refractivity contribution in [3.63, 3.8) is 0 Å². The molecule has 6 nitrogen and oxygen atoms in total. The van der Waals surface area contributed by atoms with Gasteiger partial charge in [0, 0.05) is 0 Å². The van der Waals surface area contributed by atoms with Gasteiger partial charge in [-0.25, -0.2) is 0 Å². The lowest BCUT2D eigenvalue weighted by atomic mass is 9.83. The highest BCUT2D eigenvalue weighted by atomic mass is 79.9. The van der Waals surface area contributed by atoms with Crippen molar-refractivity contribution < 1.29 is 29.3 Å². The molecule has 2 aliphatic rings. The second kappa shape index (κ2) is 10.2. The maximum Gasteiger partial charge on any atom is 0.313 e. The summed E-state index contributed by atoms with van der Waals surface area (Å²) in [4.78, 5) is 23.2. The molecule has 0 saturated heterocycles. The Balaban J connectivity index is 0.000000176. The van der Waals surface area contributed by atoms with Crippen LogP contribution < -0.4 is 0 Å². The van der Waals surface area contributed by atoms with Crippen LogP contribution in [-0.2, 0) is 31.9 Å². The molecule has 2 aromatic carbocycles. The third-order valence-electron chi connectivity index (χ3n) is 5.97. The molecule has 2 N–H and O–H groups in total. The van der Waals surface area contributed by atoms with Crippen molar-refractivity contribution in [2.75, 3.05) is 14.2 Å². The molecular formula is C24H27BrO6. The molecule has 166 valence electrons. The van der Waals surface area contributed by atoms with E-state index in [1.807, 2.05) is 12.1 Å². The largest absolute Gasteiger partial charge is 0.508 e. The molecule has 0 spiro atoms. The Bertz CT molecular complexity index is 971. The molecule has 2 unspecified atom stereocenters. The van der Waals surface area contributed by atoms with Gasteiger partial charge in [-0.15, -0.1) is 0 Å². The number of phenolic OH excluding ortho intramolecular Hbond substituents is 2. The van der Waals surface area contributed by atoms with E-state index in [-0.39, 0.29) is 35.3 Å². The van der Waals surface area contributed by atoms with Crippen LogP contribution in [0.3, 0.4) is 0 Å². The smallest absolute Gasteiger partial charge is 0.313 e. The highest BCUT2D eigenvalue weighted by Gasteiger charge is 2.29. The van der Waals surface area contributed by atoms with Crippen LogP contribution in [0, 0.1) is 0 Å². The molecular weight excluding hydrogens is 464 g/mol. The fraction of sp³-hybridized carbons (Fsp3) is 0.417. The van der Waals surface area contributed by atoms with Crippen molar-refractivity contribution in [1.82, 2.24) is 0 Å². The van der Waals surface area contributed by atoms with Gasteiger partial charge < -0.3 is 19.7 Å².